The van der Waals surface area contributed by atoms with Crippen molar-refractivity contribution in [3.05, 3.63) is 58.3 Å². The molecule has 0 radical (unpaired) electrons. The fourth-order valence-corrected chi connectivity index (χ4v) is 1.97. The number of carbonyl (C=O) groups excluding carboxylic acids is 1. The molecule has 0 aliphatic heterocycles. The number of nitrogens with zero attached hydrogens (tertiary/aromatic N) is 1. The number of carbonyl (C=O) groups is 1. The smallest absolute Gasteiger partial charge is 0.274 e. The molecule has 0 spiro atoms. The summed E-state index contributed by atoms with van der Waals surface area (Å²) < 4.78 is 0.849. The Morgan fingerprint density at radius 1 is 1.30 bits per heavy atom. The van der Waals surface area contributed by atoms with Crippen molar-refractivity contribution < 1.29 is 4.79 Å². The van der Waals surface area contributed by atoms with E-state index in [1.807, 2.05) is 24.3 Å². The van der Waals surface area contributed by atoms with Gasteiger partial charge in [-0.1, -0.05) is 19.1 Å². The number of hydrogen-bond acceptors (Lipinski definition) is 3. The summed E-state index contributed by atoms with van der Waals surface area (Å²) in [5.41, 5.74) is 2.30. The summed E-state index contributed by atoms with van der Waals surface area (Å²) in [4.78, 5) is 16.1. The molecule has 2 rings (SSSR count). The van der Waals surface area contributed by atoms with Crippen molar-refractivity contribution >= 4 is 27.5 Å². The van der Waals surface area contributed by atoms with Crippen LogP contribution in [-0.4, -0.2) is 17.4 Å². The molecule has 0 saturated heterocycles. The summed E-state index contributed by atoms with van der Waals surface area (Å²) in [6.45, 7) is 3.76. The Morgan fingerprint density at radius 2 is 2.15 bits per heavy atom. The average Bonchev–Trinajstić information content (AvgIpc) is 2.46. The number of nitrogens with one attached hydrogen (secondary N) is 2. The Morgan fingerprint density at radius 3 is 2.85 bits per heavy atom. The van der Waals surface area contributed by atoms with E-state index in [-0.39, 0.29) is 5.91 Å². The van der Waals surface area contributed by atoms with Crippen LogP contribution in [0.2, 0.25) is 0 Å². The minimum Gasteiger partial charge on any atom is -0.321 e. The molecular weight excluding hydrogens is 318 g/mol. The summed E-state index contributed by atoms with van der Waals surface area (Å²) in [5, 5.41) is 6.10. The van der Waals surface area contributed by atoms with Gasteiger partial charge in [0, 0.05) is 22.9 Å². The van der Waals surface area contributed by atoms with E-state index >= 15 is 0 Å². The molecule has 0 saturated carbocycles. The van der Waals surface area contributed by atoms with E-state index in [2.05, 4.69) is 38.5 Å². The van der Waals surface area contributed by atoms with Crippen LogP contribution in [0.15, 0.2) is 47.1 Å². The molecule has 4 nitrogen and oxygen atoms in total. The third-order valence-corrected chi connectivity index (χ3v) is 3.19. The molecule has 1 amide bonds. The Kier molecular flexibility index (Phi) is 5.26. The molecule has 0 bridgehead atoms. The fraction of sp³-hybridized carbons (Fsp3) is 0.200. The van der Waals surface area contributed by atoms with Gasteiger partial charge in [0.2, 0.25) is 0 Å². The Hall–Kier alpha value is -1.72. The topological polar surface area (TPSA) is 54.0 Å². The first-order valence-electron chi connectivity index (χ1n) is 6.41. The first-order valence-corrected chi connectivity index (χ1v) is 7.21. The highest BCUT2D eigenvalue weighted by atomic mass is 79.9. The van der Waals surface area contributed by atoms with Crippen LogP contribution in [0, 0.1) is 0 Å². The lowest BCUT2D eigenvalue weighted by Crippen LogP contribution is -2.15. The lowest BCUT2D eigenvalue weighted by Gasteiger charge is -2.07. The predicted molar refractivity (Wildman–Crippen MR) is 83.7 cm³/mol. The number of benzene rings is 1. The van der Waals surface area contributed by atoms with Crippen molar-refractivity contribution in [2.24, 2.45) is 0 Å². The average molecular weight is 334 g/mol. The fourth-order valence-electron chi connectivity index (χ4n) is 1.73. The summed E-state index contributed by atoms with van der Waals surface area (Å²) >= 11 is 3.29. The highest BCUT2D eigenvalue weighted by molar-refractivity contribution is 9.10. The van der Waals surface area contributed by atoms with Gasteiger partial charge in [0.05, 0.1) is 0 Å². The minimum atomic E-state index is -0.210. The van der Waals surface area contributed by atoms with Gasteiger partial charge in [-0.2, -0.15) is 0 Å². The molecular formula is C15H16BrN3O. The van der Waals surface area contributed by atoms with Crippen LogP contribution in [0.5, 0.6) is 0 Å². The molecule has 0 unspecified atom stereocenters. The zero-order valence-electron chi connectivity index (χ0n) is 11.2. The number of hydrogen-bond donors (Lipinski definition) is 2. The largest absolute Gasteiger partial charge is 0.321 e. The molecule has 2 N–H and O–H groups in total. The van der Waals surface area contributed by atoms with Crippen LogP contribution in [0.4, 0.5) is 5.69 Å². The lowest BCUT2D eigenvalue weighted by atomic mass is 10.2. The summed E-state index contributed by atoms with van der Waals surface area (Å²) in [5.74, 6) is -0.210. The number of halogens is 1. The number of pyridine rings is 1. The van der Waals surface area contributed by atoms with Crippen LogP contribution in [0.3, 0.4) is 0 Å². The predicted octanol–water partition coefficient (Wildman–Crippen LogP) is 3.21. The molecule has 5 heteroatoms. The van der Waals surface area contributed by atoms with E-state index in [0.717, 1.165) is 28.8 Å². The Labute approximate surface area is 126 Å². The van der Waals surface area contributed by atoms with Crippen molar-refractivity contribution in [2.75, 3.05) is 11.9 Å². The van der Waals surface area contributed by atoms with Crippen molar-refractivity contribution in [1.29, 1.82) is 0 Å². The molecule has 1 aromatic heterocycles. The van der Waals surface area contributed by atoms with Gasteiger partial charge in [0.25, 0.3) is 5.91 Å². The van der Waals surface area contributed by atoms with Gasteiger partial charge in [-0.05, 0) is 52.3 Å². The van der Waals surface area contributed by atoms with Gasteiger partial charge in [-0.3, -0.25) is 4.79 Å². The third kappa shape index (κ3) is 4.15. The van der Waals surface area contributed by atoms with Crippen molar-refractivity contribution in [3.8, 4) is 0 Å². The van der Waals surface area contributed by atoms with Crippen molar-refractivity contribution in [1.82, 2.24) is 10.3 Å². The van der Waals surface area contributed by atoms with Gasteiger partial charge in [0.15, 0.2) is 0 Å². The van der Waals surface area contributed by atoms with Crippen molar-refractivity contribution in [2.45, 2.75) is 13.5 Å². The molecule has 2 aromatic rings. The highest BCUT2D eigenvalue weighted by Gasteiger charge is 2.07. The van der Waals surface area contributed by atoms with Gasteiger partial charge >= 0.3 is 0 Å². The second kappa shape index (κ2) is 7.17. The number of amides is 1. The van der Waals surface area contributed by atoms with Crippen LogP contribution in [0.25, 0.3) is 0 Å². The SMILES string of the molecule is CCNCc1cccc(NC(=O)c2ccc(Br)cn2)c1. The molecule has 104 valence electrons. The Balaban J connectivity index is 2.05. The zero-order chi connectivity index (χ0) is 14.4. The third-order valence-electron chi connectivity index (χ3n) is 2.72. The van der Waals surface area contributed by atoms with Gasteiger partial charge in [-0.25, -0.2) is 4.98 Å². The Bertz CT molecular complexity index is 584. The van der Waals surface area contributed by atoms with Crippen LogP contribution in [0.1, 0.15) is 23.0 Å². The van der Waals surface area contributed by atoms with Gasteiger partial charge in [-0.15, -0.1) is 0 Å². The lowest BCUT2D eigenvalue weighted by molar-refractivity contribution is 0.102. The number of aromatic nitrogens is 1. The standard InChI is InChI=1S/C15H16BrN3O/c1-2-17-9-11-4-3-5-13(8-11)19-15(20)14-7-6-12(16)10-18-14/h3-8,10,17H,2,9H2,1H3,(H,19,20). The maximum Gasteiger partial charge on any atom is 0.274 e. The van der Waals surface area contributed by atoms with E-state index in [0.29, 0.717) is 5.69 Å². The highest BCUT2D eigenvalue weighted by Crippen LogP contribution is 2.13. The summed E-state index contributed by atoms with van der Waals surface area (Å²) in [6.07, 6.45) is 1.61. The molecule has 20 heavy (non-hydrogen) atoms. The first kappa shape index (κ1) is 14.7. The summed E-state index contributed by atoms with van der Waals surface area (Å²) in [6, 6.07) is 11.3. The molecule has 1 aromatic carbocycles. The summed E-state index contributed by atoms with van der Waals surface area (Å²) in [7, 11) is 0. The second-order valence-electron chi connectivity index (χ2n) is 4.30. The van der Waals surface area contributed by atoms with Crippen LogP contribution in [-0.2, 0) is 6.54 Å². The quantitative estimate of drug-likeness (QED) is 0.883. The minimum absolute atomic E-state index is 0.210. The molecule has 0 aliphatic rings. The molecule has 1 heterocycles. The van der Waals surface area contributed by atoms with Crippen LogP contribution < -0.4 is 10.6 Å². The second-order valence-corrected chi connectivity index (χ2v) is 5.21. The molecule has 0 aliphatic carbocycles. The van der Waals surface area contributed by atoms with E-state index in [1.165, 1.54) is 0 Å². The van der Waals surface area contributed by atoms with Crippen molar-refractivity contribution in [3.63, 3.8) is 0 Å². The maximum atomic E-state index is 12.0. The monoisotopic (exact) mass is 333 g/mol. The van der Waals surface area contributed by atoms with E-state index < -0.39 is 0 Å². The zero-order valence-corrected chi connectivity index (χ0v) is 12.8. The number of rotatable bonds is 5. The van der Waals surface area contributed by atoms with Crippen LogP contribution >= 0.6 is 15.9 Å². The maximum absolute atomic E-state index is 12.0. The molecule has 0 atom stereocenters. The normalized spacial score (nSPS) is 10.3. The number of anilines is 1. The molecule has 0 fully saturated rings. The van der Waals surface area contributed by atoms with E-state index in [9.17, 15) is 4.79 Å². The van der Waals surface area contributed by atoms with Gasteiger partial charge in [0.1, 0.15) is 5.69 Å². The van der Waals surface area contributed by atoms with Gasteiger partial charge < -0.3 is 10.6 Å². The van der Waals surface area contributed by atoms with E-state index in [4.69, 9.17) is 0 Å². The van der Waals surface area contributed by atoms with E-state index in [1.54, 1.807) is 18.3 Å². The first-order chi connectivity index (χ1) is 9.69.